The van der Waals surface area contributed by atoms with Crippen LogP contribution in [0.4, 0.5) is 5.69 Å². The molecule has 0 radical (unpaired) electrons. The van der Waals surface area contributed by atoms with E-state index in [0.717, 1.165) is 36.6 Å². The van der Waals surface area contributed by atoms with Gasteiger partial charge in [-0.1, -0.05) is 38.1 Å². The van der Waals surface area contributed by atoms with Crippen molar-refractivity contribution in [2.75, 3.05) is 25.1 Å². The van der Waals surface area contributed by atoms with Crippen LogP contribution in [0, 0.1) is 12.8 Å². The van der Waals surface area contributed by atoms with E-state index in [-0.39, 0.29) is 24.0 Å². The molecule has 3 N–H and O–H groups in total. The molecule has 1 heterocycles. The smallest absolute Gasteiger partial charge is 0.193 e. The maximum atomic E-state index is 6.11. The van der Waals surface area contributed by atoms with Gasteiger partial charge in [0.25, 0.3) is 0 Å². The fraction of sp³-hybridized carbons (Fsp3) is 0.435. The number of aryl methyl sites for hydroxylation is 1. The van der Waals surface area contributed by atoms with Gasteiger partial charge in [-0.25, -0.2) is 4.99 Å². The van der Waals surface area contributed by atoms with Gasteiger partial charge in [0, 0.05) is 23.8 Å². The molecule has 1 aliphatic heterocycles. The topological polar surface area (TPSA) is 68.9 Å². The number of halogens is 1. The Morgan fingerprint density at radius 2 is 2.10 bits per heavy atom. The van der Waals surface area contributed by atoms with Crippen LogP contribution in [0.15, 0.2) is 47.5 Å². The average Bonchev–Trinajstić information content (AvgIpc) is 3.19. The third kappa shape index (κ3) is 7.19. The monoisotopic (exact) mass is 509 g/mol. The minimum Gasteiger partial charge on any atom is -0.493 e. The highest BCUT2D eigenvalue weighted by molar-refractivity contribution is 14.0. The Hall–Kier alpha value is -1.80. The predicted octanol–water partition coefficient (Wildman–Crippen LogP) is 5.08. The normalized spacial score (nSPS) is 16.6. The molecule has 29 heavy (non-hydrogen) atoms. The molecule has 0 amide bonds. The fourth-order valence-corrected chi connectivity index (χ4v) is 3.18. The van der Waals surface area contributed by atoms with Crippen molar-refractivity contribution in [2.24, 2.45) is 16.6 Å². The zero-order valence-corrected chi connectivity index (χ0v) is 19.8. The first-order chi connectivity index (χ1) is 13.5. The summed E-state index contributed by atoms with van der Waals surface area (Å²) in [6.07, 6.45) is 1.06. The van der Waals surface area contributed by atoms with E-state index in [1.54, 1.807) is 0 Å². The Morgan fingerprint density at radius 3 is 2.83 bits per heavy atom. The summed E-state index contributed by atoms with van der Waals surface area (Å²) in [5, 5.41) is 3.19. The van der Waals surface area contributed by atoms with E-state index >= 15 is 0 Å². The van der Waals surface area contributed by atoms with Crippen LogP contribution in [0.5, 0.6) is 5.75 Å². The molecule has 1 fully saturated rings. The van der Waals surface area contributed by atoms with Gasteiger partial charge in [0.05, 0.1) is 19.8 Å². The van der Waals surface area contributed by atoms with Crippen LogP contribution in [0.1, 0.15) is 42.9 Å². The number of benzene rings is 2. The number of rotatable bonds is 7. The number of hydrogen-bond acceptors (Lipinski definition) is 3. The first-order valence-corrected chi connectivity index (χ1v) is 9.98. The summed E-state index contributed by atoms with van der Waals surface area (Å²) >= 11 is 0. The highest BCUT2D eigenvalue weighted by Crippen LogP contribution is 2.24. The van der Waals surface area contributed by atoms with Crippen LogP contribution >= 0.6 is 24.0 Å². The molecule has 0 aliphatic carbocycles. The fourth-order valence-electron chi connectivity index (χ4n) is 3.18. The van der Waals surface area contributed by atoms with Crippen molar-refractivity contribution in [3.8, 4) is 5.75 Å². The second kappa shape index (κ2) is 11.4. The molecule has 0 bridgehead atoms. The lowest BCUT2D eigenvalue weighted by molar-refractivity contribution is 0.166. The van der Waals surface area contributed by atoms with Crippen LogP contribution in [0.3, 0.4) is 0 Å². The minimum atomic E-state index is 0. The largest absolute Gasteiger partial charge is 0.493 e. The summed E-state index contributed by atoms with van der Waals surface area (Å²) in [5.41, 5.74) is 10.5. The summed E-state index contributed by atoms with van der Waals surface area (Å²) in [5.74, 6) is 2.22. The molecular formula is C23H32IN3O2. The van der Waals surface area contributed by atoms with Crippen molar-refractivity contribution in [1.82, 2.24) is 0 Å². The zero-order chi connectivity index (χ0) is 19.9. The Bertz CT molecular complexity index is 818. The van der Waals surface area contributed by atoms with Crippen molar-refractivity contribution in [3.05, 3.63) is 59.2 Å². The van der Waals surface area contributed by atoms with Gasteiger partial charge in [-0.2, -0.15) is 0 Å². The van der Waals surface area contributed by atoms with Crippen molar-refractivity contribution in [3.63, 3.8) is 0 Å². The lowest BCUT2D eigenvalue weighted by atomic mass is 10.0. The summed E-state index contributed by atoms with van der Waals surface area (Å²) in [6, 6.07) is 14.5. The first kappa shape index (κ1) is 23.5. The molecule has 2 aromatic carbocycles. The lowest BCUT2D eigenvalue weighted by Crippen LogP contribution is -2.22. The molecule has 1 atom stereocenters. The SMILES string of the molecule is Cc1ccc(CN=C(N)Nc2cccc(C(C)C)c2)c(OCC2CCOC2)c1.I. The van der Waals surface area contributed by atoms with Crippen molar-refractivity contribution >= 4 is 35.6 Å². The molecule has 6 heteroatoms. The maximum Gasteiger partial charge on any atom is 0.193 e. The molecule has 3 rings (SSSR count). The van der Waals surface area contributed by atoms with Crippen LogP contribution in [-0.4, -0.2) is 25.8 Å². The minimum absolute atomic E-state index is 0. The third-order valence-corrected chi connectivity index (χ3v) is 4.97. The summed E-state index contributed by atoms with van der Waals surface area (Å²) < 4.78 is 11.5. The van der Waals surface area contributed by atoms with Crippen molar-refractivity contribution in [2.45, 2.75) is 39.7 Å². The van der Waals surface area contributed by atoms with Gasteiger partial charge in [-0.05, 0) is 48.6 Å². The van der Waals surface area contributed by atoms with Crippen molar-refractivity contribution in [1.29, 1.82) is 0 Å². The number of anilines is 1. The van der Waals surface area contributed by atoms with Gasteiger partial charge in [0.2, 0.25) is 0 Å². The van der Waals surface area contributed by atoms with Gasteiger partial charge >= 0.3 is 0 Å². The molecule has 0 aromatic heterocycles. The second-order valence-electron chi connectivity index (χ2n) is 7.76. The molecule has 0 saturated carbocycles. The molecule has 1 aliphatic rings. The molecule has 1 unspecified atom stereocenters. The van der Waals surface area contributed by atoms with E-state index < -0.39 is 0 Å². The van der Waals surface area contributed by atoms with E-state index in [1.807, 2.05) is 12.1 Å². The van der Waals surface area contributed by atoms with E-state index in [2.05, 4.69) is 61.4 Å². The van der Waals surface area contributed by atoms with Crippen LogP contribution in [0.2, 0.25) is 0 Å². The number of hydrogen-bond donors (Lipinski definition) is 2. The van der Waals surface area contributed by atoms with E-state index in [9.17, 15) is 0 Å². The Balaban J connectivity index is 0.00000300. The van der Waals surface area contributed by atoms with Crippen LogP contribution in [-0.2, 0) is 11.3 Å². The summed E-state index contributed by atoms with van der Waals surface area (Å²) in [6.45, 7) is 9.18. The third-order valence-electron chi connectivity index (χ3n) is 4.97. The van der Waals surface area contributed by atoms with Gasteiger partial charge in [0.1, 0.15) is 5.75 Å². The van der Waals surface area contributed by atoms with Gasteiger partial charge < -0.3 is 20.5 Å². The van der Waals surface area contributed by atoms with Gasteiger partial charge in [0.15, 0.2) is 5.96 Å². The number of ether oxygens (including phenoxy) is 2. The zero-order valence-electron chi connectivity index (χ0n) is 17.5. The molecule has 1 saturated heterocycles. The standard InChI is InChI=1S/C23H31N3O2.HI/c1-16(2)19-5-4-6-21(12-19)26-23(24)25-13-20-8-7-17(3)11-22(20)28-15-18-9-10-27-14-18;/h4-8,11-12,16,18H,9-10,13-15H2,1-3H3,(H3,24,25,26);1H. The molecule has 5 nitrogen and oxygen atoms in total. The van der Waals surface area contributed by atoms with Crippen LogP contribution in [0.25, 0.3) is 0 Å². The Kier molecular flexibility index (Phi) is 9.23. The Morgan fingerprint density at radius 1 is 1.28 bits per heavy atom. The first-order valence-electron chi connectivity index (χ1n) is 9.98. The number of aliphatic imine (C=N–C) groups is 1. The van der Waals surface area contributed by atoms with Gasteiger partial charge in [-0.3, -0.25) is 0 Å². The number of nitrogens with two attached hydrogens (primary N) is 1. The molecule has 0 spiro atoms. The van der Waals surface area contributed by atoms with Crippen molar-refractivity contribution < 1.29 is 9.47 Å². The quantitative estimate of drug-likeness (QED) is 0.311. The van der Waals surface area contributed by atoms with E-state index in [0.29, 0.717) is 30.9 Å². The second-order valence-corrected chi connectivity index (χ2v) is 7.76. The summed E-state index contributed by atoms with van der Waals surface area (Å²) in [4.78, 5) is 4.51. The lowest BCUT2D eigenvalue weighted by Gasteiger charge is -2.14. The predicted molar refractivity (Wildman–Crippen MR) is 130 cm³/mol. The number of guanidine groups is 1. The van der Waals surface area contributed by atoms with E-state index in [1.165, 1.54) is 11.1 Å². The molecule has 2 aromatic rings. The molecule has 158 valence electrons. The highest BCUT2D eigenvalue weighted by Gasteiger charge is 2.17. The average molecular weight is 509 g/mol. The maximum absolute atomic E-state index is 6.11. The highest BCUT2D eigenvalue weighted by atomic mass is 127. The van der Waals surface area contributed by atoms with E-state index in [4.69, 9.17) is 15.2 Å². The molecular weight excluding hydrogens is 477 g/mol. The van der Waals surface area contributed by atoms with Crippen LogP contribution < -0.4 is 15.8 Å². The summed E-state index contributed by atoms with van der Waals surface area (Å²) in [7, 11) is 0. The Labute approximate surface area is 191 Å². The van der Waals surface area contributed by atoms with Gasteiger partial charge in [-0.15, -0.1) is 24.0 Å². The number of nitrogens with one attached hydrogen (secondary N) is 1. The number of nitrogens with zero attached hydrogens (tertiary/aromatic N) is 1.